The molecule has 40 heavy (non-hydrogen) atoms. The smallest absolute Gasteiger partial charge is 0.264 e. The van der Waals surface area contributed by atoms with Crippen molar-refractivity contribution >= 4 is 40.3 Å². The average Bonchev–Trinajstić information content (AvgIpc) is 3.33. The van der Waals surface area contributed by atoms with Crippen LogP contribution in [0.4, 0.5) is 11.4 Å². The van der Waals surface area contributed by atoms with Gasteiger partial charge in [0.25, 0.3) is 5.91 Å². The molecule has 6 heteroatoms. The molecule has 198 valence electrons. The molecule has 2 N–H and O–H groups in total. The van der Waals surface area contributed by atoms with E-state index in [2.05, 4.69) is 83.0 Å². The standard InChI is InChI=1S/C34H29N3O2S/c38-30-14-8-7-13-24(30)19-31-33(39)36-34(40-31)35-25-20-28-26(22-9-3-1-4-10-22)15-17-37-18-16-27(29(21-25)32(28)37)23-11-5-2-6-12-23/h1-14,19-21,26-27,38H,15-18H2,(H,35,36,39)/b31-19-/t26-,27+. The molecule has 5 nitrogen and oxygen atoms in total. The summed E-state index contributed by atoms with van der Waals surface area (Å²) in [6.45, 7) is 2.09. The predicted molar refractivity (Wildman–Crippen MR) is 163 cm³/mol. The molecule has 0 aromatic heterocycles. The molecule has 0 saturated carbocycles. The van der Waals surface area contributed by atoms with Crippen LogP contribution in [0.15, 0.2) is 107 Å². The molecule has 4 aromatic carbocycles. The number of amidine groups is 1. The first-order chi connectivity index (χ1) is 19.6. The van der Waals surface area contributed by atoms with E-state index in [-0.39, 0.29) is 11.7 Å². The van der Waals surface area contributed by atoms with Gasteiger partial charge in [0.15, 0.2) is 5.17 Å². The van der Waals surface area contributed by atoms with Crippen LogP contribution in [0, 0.1) is 0 Å². The number of para-hydroxylation sites is 1. The lowest BCUT2D eigenvalue weighted by Crippen LogP contribution is -2.37. The number of nitrogens with one attached hydrogen (secondary N) is 1. The molecule has 3 aliphatic rings. The number of hydrogen-bond acceptors (Lipinski definition) is 5. The van der Waals surface area contributed by atoms with Crippen LogP contribution in [0.2, 0.25) is 0 Å². The minimum absolute atomic E-state index is 0.144. The molecular formula is C34H29N3O2S. The summed E-state index contributed by atoms with van der Waals surface area (Å²) in [6, 6.07) is 33.0. The number of phenolic OH excluding ortho intramolecular Hbond substituents is 1. The van der Waals surface area contributed by atoms with Gasteiger partial charge in [-0.15, -0.1) is 0 Å². The van der Waals surface area contributed by atoms with E-state index in [9.17, 15) is 9.90 Å². The van der Waals surface area contributed by atoms with Crippen molar-refractivity contribution in [1.29, 1.82) is 0 Å². The lowest BCUT2D eigenvalue weighted by Gasteiger charge is -2.43. The number of amides is 1. The van der Waals surface area contributed by atoms with Crippen molar-refractivity contribution in [1.82, 2.24) is 5.32 Å². The van der Waals surface area contributed by atoms with E-state index in [1.54, 1.807) is 24.3 Å². The molecule has 0 radical (unpaired) electrons. The van der Waals surface area contributed by atoms with Crippen molar-refractivity contribution in [2.24, 2.45) is 4.99 Å². The molecule has 4 aromatic rings. The number of aliphatic imine (C=N–C) groups is 1. The van der Waals surface area contributed by atoms with E-state index in [1.807, 2.05) is 6.07 Å². The second kappa shape index (κ2) is 10.4. The van der Waals surface area contributed by atoms with Crippen molar-refractivity contribution in [2.45, 2.75) is 24.7 Å². The number of anilines is 1. The number of nitrogens with zero attached hydrogens (tertiary/aromatic N) is 2. The normalized spacial score (nSPS) is 21.9. The quantitative estimate of drug-likeness (QED) is 0.268. The van der Waals surface area contributed by atoms with Gasteiger partial charge in [0.05, 0.1) is 10.6 Å². The minimum atomic E-state index is -0.207. The Morgan fingerprint density at radius 2 is 1.40 bits per heavy atom. The van der Waals surface area contributed by atoms with Crippen molar-refractivity contribution in [3.63, 3.8) is 0 Å². The molecule has 0 bridgehead atoms. The Morgan fingerprint density at radius 3 is 2.00 bits per heavy atom. The highest BCUT2D eigenvalue weighted by atomic mass is 32.2. The number of benzene rings is 4. The summed E-state index contributed by atoms with van der Waals surface area (Å²) in [6.07, 6.45) is 3.83. The van der Waals surface area contributed by atoms with Gasteiger partial charge in [0, 0.05) is 36.2 Å². The first kappa shape index (κ1) is 24.7. The maximum atomic E-state index is 12.8. The number of phenols is 1. The monoisotopic (exact) mass is 543 g/mol. The molecule has 0 aliphatic carbocycles. The summed E-state index contributed by atoms with van der Waals surface area (Å²) in [5.41, 5.74) is 8.10. The van der Waals surface area contributed by atoms with Gasteiger partial charge in [-0.3, -0.25) is 4.79 Å². The molecule has 0 spiro atoms. The summed E-state index contributed by atoms with van der Waals surface area (Å²) in [7, 11) is 0. The van der Waals surface area contributed by atoms with Crippen LogP contribution in [0.3, 0.4) is 0 Å². The highest BCUT2D eigenvalue weighted by Gasteiger charge is 2.35. The van der Waals surface area contributed by atoms with Crippen LogP contribution >= 0.6 is 11.8 Å². The zero-order valence-corrected chi connectivity index (χ0v) is 22.8. The number of carbonyl (C=O) groups is 1. The fraction of sp³-hybridized carbons (Fsp3) is 0.176. The second-order valence-corrected chi connectivity index (χ2v) is 11.5. The second-order valence-electron chi connectivity index (χ2n) is 10.5. The van der Waals surface area contributed by atoms with E-state index >= 15 is 0 Å². The fourth-order valence-electron chi connectivity index (χ4n) is 6.25. The van der Waals surface area contributed by atoms with Crippen LogP contribution in [0.5, 0.6) is 5.75 Å². The molecule has 1 saturated heterocycles. The maximum absolute atomic E-state index is 12.8. The SMILES string of the molecule is O=C1NC(=Nc2cc3c4c(c2)[C@H](c2ccccc2)CCN4CC[C@@H]3c2ccccc2)S/C1=C\c1ccccc1O. The number of aromatic hydroxyl groups is 1. The summed E-state index contributed by atoms with van der Waals surface area (Å²) in [5, 5.41) is 13.7. The Bertz CT molecular complexity index is 1580. The van der Waals surface area contributed by atoms with E-state index < -0.39 is 0 Å². The summed E-state index contributed by atoms with van der Waals surface area (Å²) >= 11 is 1.31. The Kier molecular flexibility index (Phi) is 6.40. The third-order valence-corrected chi connectivity index (χ3v) is 9.01. The number of thioether (sulfide) groups is 1. The van der Waals surface area contributed by atoms with Crippen LogP contribution in [0.1, 0.15) is 52.5 Å². The number of rotatable bonds is 4. The first-order valence-corrected chi connectivity index (χ1v) is 14.6. The molecule has 1 fully saturated rings. The Labute approximate surface area is 238 Å². The van der Waals surface area contributed by atoms with Crippen molar-refractivity contribution in [2.75, 3.05) is 18.0 Å². The predicted octanol–water partition coefficient (Wildman–Crippen LogP) is 7.16. The molecule has 0 unspecified atom stereocenters. The van der Waals surface area contributed by atoms with Gasteiger partial charge in [-0.2, -0.15) is 0 Å². The zero-order valence-electron chi connectivity index (χ0n) is 22.0. The Hall–Kier alpha value is -4.29. The third kappa shape index (κ3) is 4.58. The largest absolute Gasteiger partial charge is 0.507 e. The van der Waals surface area contributed by atoms with E-state index in [4.69, 9.17) is 4.99 Å². The summed E-state index contributed by atoms with van der Waals surface area (Å²) < 4.78 is 0. The highest BCUT2D eigenvalue weighted by Crippen LogP contribution is 2.50. The Morgan fingerprint density at radius 1 is 0.825 bits per heavy atom. The first-order valence-electron chi connectivity index (χ1n) is 13.7. The number of hydrogen-bond donors (Lipinski definition) is 2. The van der Waals surface area contributed by atoms with Gasteiger partial charge in [-0.05, 0) is 71.1 Å². The Balaban J connectivity index is 1.32. The minimum Gasteiger partial charge on any atom is -0.507 e. The topological polar surface area (TPSA) is 64.9 Å². The van der Waals surface area contributed by atoms with Gasteiger partial charge in [-0.1, -0.05) is 78.9 Å². The summed E-state index contributed by atoms with van der Waals surface area (Å²) in [4.78, 5) is 20.8. The van der Waals surface area contributed by atoms with Crippen molar-refractivity contribution in [3.8, 4) is 5.75 Å². The van der Waals surface area contributed by atoms with Crippen LogP contribution in [-0.2, 0) is 4.79 Å². The van der Waals surface area contributed by atoms with Gasteiger partial charge >= 0.3 is 0 Å². The number of carbonyl (C=O) groups excluding carboxylic acids is 1. The maximum Gasteiger partial charge on any atom is 0.264 e. The molecular weight excluding hydrogens is 514 g/mol. The van der Waals surface area contributed by atoms with Crippen LogP contribution in [-0.4, -0.2) is 29.3 Å². The highest BCUT2D eigenvalue weighted by molar-refractivity contribution is 8.18. The third-order valence-electron chi connectivity index (χ3n) is 8.10. The zero-order chi connectivity index (χ0) is 27.1. The molecule has 2 atom stereocenters. The van der Waals surface area contributed by atoms with Gasteiger partial charge in [-0.25, -0.2) is 4.99 Å². The van der Waals surface area contributed by atoms with Crippen LogP contribution in [0.25, 0.3) is 6.08 Å². The average molecular weight is 544 g/mol. The molecule has 1 amide bonds. The van der Waals surface area contributed by atoms with Crippen molar-refractivity contribution < 1.29 is 9.90 Å². The van der Waals surface area contributed by atoms with E-state index in [0.717, 1.165) is 31.6 Å². The van der Waals surface area contributed by atoms with Crippen molar-refractivity contribution in [3.05, 3.63) is 130 Å². The van der Waals surface area contributed by atoms with E-state index in [0.29, 0.717) is 27.5 Å². The molecule has 3 heterocycles. The summed E-state index contributed by atoms with van der Waals surface area (Å²) in [5.74, 6) is 0.527. The molecule has 3 aliphatic heterocycles. The lowest BCUT2D eigenvalue weighted by molar-refractivity contribution is -0.115. The van der Waals surface area contributed by atoms with Gasteiger partial charge in [0.2, 0.25) is 0 Å². The fourth-order valence-corrected chi connectivity index (χ4v) is 7.09. The van der Waals surface area contributed by atoms with E-state index in [1.165, 1.54) is 39.7 Å². The van der Waals surface area contributed by atoms with Crippen LogP contribution < -0.4 is 10.2 Å². The lowest BCUT2D eigenvalue weighted by atomic mass is 9.76. The van der Waals surface area contributed by atoms with Gasteiger partial charge < -0.3 is 15.3 Å². The van der Waals surface area contributed by atoms with Gasteiger partial charge in [0.1, 0.15) is 5.75 Å². The molecule has 7 rings (SSSR count).